The number of thioether (sulfide) groups is 1. The van der Waals surface area contributed by atoms with Crippen LogP contribution in [0.2, 0.25) is 0 Å². The maximum Gasteiger partial charge on any atom is 0.328 e. The number of nitrogens with zero attached hydrogens (tertiary/aromatic N) is 2. The molecule has 0 unspecified atom stereocenters. The summed E-state index contributed by atoms with van der Waals surface area (Å²) in [5.41, 5.74) is -1.23. The third-order valence-corrected chi connectivity index (χ3v) is 10.1. The number of rotatable bonds is 8. The molecule has 3 aromatic carbocycles. The van der Waals surface area contributed by atoms with Crippen molar-refractivity contribution < 1.29 is 33.4 Å². The van der Waals surface area contributed by atoms with Gasteiger partial charge in [0.25, 0.3) is 0 Å². The summed E-state index contributed by atoms with van der Waals surface area (Å²) in [4.78, 5) is 61.2. The number of methoxy groups -OCH3 is 3. The summed E-state index contributed by atoms with van der Waals surface area (Å²) in [5.74, 6) is -1.74. The van der Waals surface area contributed by atoms with Crippen molar-refractivity contribution >= 4 is 41.1 Å². The fourth-order valence-electron chi connectivity index (χ4n) is 7.35. The van der Waals surface area contributed by atoms with Crippen LogP contribution in [-0.4, -0.2) is 73.1 Å². The lowest BCUT2D eigenvalue weighted by Crippen LogP contribution is -2.67. The summed E-state index contributed by atoms with van der Waals surface area (Å²) in [7, 11) is 4.04. The highest BCUT2D eigenvalue weighted by atomic mass is 32.2. The van der Waals surface area contributed by atoms with E-state index in [2.05, 4.69) is 0 Å². The quantitative estimate of drug-likeness (QED) is 0.282. The molecule has 3 aliphatic heterocycles. The van der Waals surface area contributed by atoms with Crippen LogP contribution >= 0.6 is 11.8 Å². The lowest BCUT2D eigenvalue weighted by atomic mass is 9.58. The first-order valence-electron chi connectivity index (χ1n) is 14.0. The Bertz CT molecular complexity index is 1580. The highest BCUT2D eigenvalue weighted by Crippen LogP contribution is 2.64. The maximum atomic E-state index is 15.3. The number of anilines is 1. The molecule has 1 amide bonds. The number of ketones is 1. The van der Waals surface area contributed by atoms with Gasteiger partial charge in [0.2, 0.25) is 5.91 Å². The van der Waals surface area contributed by atoms with Gasteiger partial charge in [0.1, 0.15) is 11.2 Å². The zero-order chi connectivity index (χ0) is 30.4. The molecule has 0 saturated carbocycles. The second-order valence-corrected chi connectivity index (χ2v) is 11.9. The number of Topliss-reactive ketones (excluding diaryl/α,β-unsaturated/α-hetero) is 1. The molecule has 0 bridgehead atoms. The summed E-state index contributed by atoms with van der Waals surface area (Å²) in [6, 6.07) is 23.0. The number of esters is 2. The molecule has 0 radical (unpaired) electrons. The van der Waals surface area contributed by atoms with Gasteiger partial charge in [-0.2, -0.15) is 0 Å². The molecule has 9 nitrogen and oxygen atoms in total. The Morgan fingerprint density at radius 3 is 2.28 bits per heavy atom. The van der Waals surface area contributed by atoms with E-state index < -0.39 is 47.2 Å². The molecule has 3 heterocycles. The van der Waals surface area contributed by atoms with Gasteiger partial charge in [-0.1, -0.05) is 48.5 Å². The van der Waals surface area contributed by atoms with E-state index in [0.717, 1.165) is 5.56 Å². The Morgan fingerprint density at radius 1 is 0.907 bits per heavy atom. The molecular weight excluding hydrogens is 568 g/mol. The summed E-state index contributed by atoms with van der Waals surface area (Å²) >= 11 is 1.55. The predicted molar refractivity (Wildman–Crippen MR) is 161 cm³/mol. The molecule has 6 rings (SSSR count). The van der Waals surface area contributed by atoms with Crippen molar-refractivity contribution in [1.82, 2.24) is 4.90 Å². The zero-order valence-corrected chi connectivity index (χ0v) is 25.0. The Labute approximate surface area is 254 Å². The first kappa shape index (κ1) is 28.9. The Morgan fingerprint density at radius 2 is 1.60 bits per heavy atom. The zero-order valence-electron chi connectivity index (χ0n) is 24.1. The summed E-state index contributed by atoms with van der Waals surface area (Å²) in [5, 5.41) is 0. The molecule has 3 aliphatic rings. The second-order valence-electron chi connectivity index (χ2n) is 10.9. The minimum absolute atomic E-state index is 0.219. The van der Waals surface area contributed by atoms with Crippen molar-refractivity contribution in [1.29, 1.82) is 0 Å². The van der Waals surface area contributed by atoms with E-state index in [4.69, 9.17) is 14.2 Å². The fraction of sp³-hybridized carbons (Fsp3) is 0.333. The number of amides is 1. The van der Waals surface area contributed by atoms with Crippen LogP contribution in [-0.2, 0) is 35.8 Å². The van der Waals surface area contributed by atoms with E-state index >= 15 is 4.79 Å². The standard InChI is InChI=1S/C33H32N2O7S/c1-40-23-15-13-22(14-16-23)29(37)28-26-19-43-20-35(26)32(31(39)42-3,17-27(36)41-2)33(28)24-11-7-8-12-25(24)34(30(33)38)18-21-9-5-4-6-10-21/h4-16,26,28H,17-20H2,1-3H3/t26-,28+,32-,33-/m0/s1. The number of hydrogen-bond acceptors (Lipinski definition) is 9. The van der Waals surface area contributed by atoms with Crippen LogP contribution in [0, 0.1) is 5.92 Å². The second kappa shape index (κ2) is 11.2. The van der Waals surface area contributed by atoms with Crippen molar-refractivity contribution in [3.8, 4) is 5.75 Å². The van der Waals surface area contributed by atoms with Crippen molar-refractivity contribution in [2.75, 3.05) is 37.9 Å². The largest absolute Gasteiger partial charge is 0.497 e. The first-order valence-corrected chi connectivity index (χ1v) is 15.1. The van der Waals surface area contributed by atoms with Crippen LogP contribution in [0.4, 0.5) is 5.69 Å². The number of ether oxygens (including phenoxy) is 3. The normalized spacial score (nSPS) is 25.8. The van der Waals surface area contributed by atoms with Gasteiger partial charge in [-0.3, -0.25) is 19.3 Å². The number of para-hydroxylation sites is 1. The average molecular weight is 601 g/mol. The number of benzene rings is 3. The summed E-state index contributed by atoms with van der Waals surface area (Å²) < 4.78 is 15.9. The van der Waals surface area contributed by atoms with Crippen molar-refractivity contribution in [3.63, 3.8) is 0 Å². The first-order chi connectivity index (χ1) is 20.8. The molecule has 2 fully saturated rings. The molecule has 0 aromatic heterocycles. The molecule has 43 heavy (non-hydrogen) atoms. The van der Waals surface area contributed by atoms with Crippen LogP contribution in [0.15, 0.2) is 78.9 Å². The van der Waals surface area contributed by atoms with Crippen molar-refractivity contribution in [3.05, 3.63) is 95.6 Å². The SMILES string of the molecule is COC(=O)C[C@@]1(C(=O)OC)N2CSC[C@H]2[C@H](C(=O)c2ccc(OC)cc2)[C@@]12C(=O)N(Cc1ccccc1)c1ccccc12. The lowest BCUT2D eigenvalue weighted by Gasteiger charge is -2.44. The van der Waals surface area contributed by atoms with Gasteiger partial charge in [0, 0.05) is 28.9 Å². The van der Waals surface area contributed by atoms with Crippen molar-refractivity contribution in [2.45, 2.75) is 30.0 Å². The van der Waals surface area contributed by atoms with Crippen LogP contribution in [0.25, 0.3) is 0 Å². The highest BCUT2D eigenvalue weighted by molar-refractivity contribution is 7.99. The van der Waals surface area contributed by atoms with Crippen LogP contribution in [0.5, 0.6) is 5.75 Å². The van der Waals surface area contributed by atoms with E-state index in [9.17, 15) is 14.4 Å². The molecule has 222 valence electrons. The number of fused-ring (bicyclic) bond motifs is 3. The summed E-state index contributed by atoms with van der Waals surface area (Å²) in [6.45, 7) is 0.219. The lowest BCUT2D eigenvalue weighted by molar-refractivity contribution is -0.166. The monoisotopic (exact) mass is 600 g/mol. The topological polar surface area (TPSA) is 102 Å². The minimum atomic E-state index is -1.84. The molecule has 10 heteroatoms. The number of carbonyl (C=O) groups excluding carboxylic acids is 4. The Balaban J connectivity index is 1.65. The third kappa shape index (κ3) is 4.11. The van der Waals surface area contributed by atoms with Gasteiger partial charge in [0.15, 0.2) is 11.3 Å². The Kier molecular flexibility index (Phi) is 7.52. The van der Waals surface area contributed by atoms with Gasteiger partial charge in [-0.15, -0.1) is 11.8 Å². The van der Waals surface area contributed by atoms with Gasteiger partial charge in [-0.05, 0) is 41.5 Å². The van der Waals surface area contributed by atoms with E-state index in [0.29, 0.717) is 34.2 Å². The molecule has 1 spiro atoms. The fourth-order valence-corrected chi connectivity index (χ4v) is 8.68. The molecule has 2 saturated heterocycles. The van der Waals surface area contributed by atoms with E-state index in [1.54, 1.807) is 60.2 Å². The Hall–Kier alpha value is -4.15. The molecule has 0 N–H and O–H groups in total. The third-order valence-electron chi connectivity index (χ3n) is 9.11. The highest BCUT2D eigenvalue weighted by Gasteiger charge is 2.81. The van der Waals surface area contributed by atoms with Crippen molar-refractivity contribution in [2.24, 2.45) is 5.92 Å². The molecule has 4 atom stereocenters. The molecule has 3 aromatic rings. The predicted octanol–water partition coefficient (Wildman–Crippen LogP) is 3.84. The smallest absolute Gasteiger partial charge is 0.328 e. The van der Waals surface area contributed by atoms with Crippen LogP contribution in [0.3, 0.4) is 0 Å². The minimum Gasteiger partial charge on any atom is -0.497 e. The van der Waals surface area contributed by atoms with Crippen LogP contribution in [0.1, 0.15) is 27.9 Å². The number of hydrogen-bond donors (Lipinski definition) is 0. The van der Waals surface area contributed by atoms with Crippen LogP contribution < -0.4 is 9.64 Å². The van der Waals surface area contributed by atoms with Gasteiger partial charge < -0.3 is 19.1 Å². The van der Waals surface area contributed by atoms with Gasteiger partial charge in [-0.25, -0.2) is 4.79 Å². The maximum absolute atomic E-state index is 15.3. The number of carbonyl (C=O) groups is 4. The van der Waals surface area contributed by atoms with Gasteiger partial charge in [0.05, 0.1) is 40.2 Å². The van der Waals surface area contributed by atoms with E-state index in [-0.39, 0.29) is 12.3 Å². The van der Waals surface area contributed by atoms with E-state index in [1.807, 2.05) is 47.4 Å². The van der Waals surface area contributed by atoms with E-state index in [1.165, 1.54) is 14.2 Å². The molecular formula is C33H32N2O7S. The van der Waals surface area contributed by atoms with Gasteiger partial charge >= 0.3 is 11.9 Å². The average Bonchev–Trinajstić information content (AvgIpc) is 3.69. The summed E-state index contributed by atoms with van der Waals surface area (Å²) in [6.07, 6.45) is -0.459. The molecule has 0 aliphatic carbocycles.